The van der Waals surface area contributed by atoms with Gasteiger partial charge in [-0.1, -0.05) is 12.1 Å². The lowest BCUT2D eigenvalue weighted by molar-refractivity contribution is 0.187. The Morgan fingerprint density at radius 3 is 2.89 bits per heavy atom. The molecule has 1 heterocycles. The molecule has 1 aromatic heterocycles. The number of aromatic nitrogens is 2. The number of imidazole rings is 1. The number of methoxy groups -OCH3 is 1. The van der Waals surface area contributed by atoms with Crippen LogP contribution in [0.5, 0.6) is 5.75 Å². The maximum atomic E-state index is 10.9. The van der Waals surface area contributed by atoms with E-state index in [0.29, 0.717) is 11.4 Å². The molecule has 0 saturated carbocycles. The summed E-state index contributed by atoms with van der Waals surface area (Å²) in [4.78, 5) is 15.9. The van der Waals surface area contributed by atoms with E-state index < -0.39 is 6.10 Å². The molecule has 6 heteroatoms. The Bertz CT molecular complexity index is 561. The van der Waals surface area contributed by atoms with E-state index in [4.69, 9.17) is 4.74 Å². The average Bonchev–Trinajstić information content (AvgIpc) is 2.83. The summed E-state index contributed by atoms with van der Waals surface area (Å²) in [6.07, 6.45) is 0.658. The molecule has 0 bridgehead atoms. The van der Waals surface area contributed by atoms with Gasteiger partial charge in [0.15, 0.2) is 0 Å². The van der Waals surface area contributed by atoms with E-state index in [1.54, 1.807) is 7.11 Å². The van der Waals surface area contributed by atoms with E-state index in [0.717, 1.165) is 5.69 Å². The van der Waals surface area contributed by atoms with Crippen molar-refractivity contribution in [3.63, 3.8) is 0 Å². The number of para-hydroxylation sites is 2. The number of aliphatic hydroxyl groups is 1. The quantitative estimate of drug-likeness (QED) is 0.632. The Labute approximate surface area is 104 Å². The van der Waals surface area contributed by atoms with E-state index in [-0.39, 0.29) is 12.2 Å². The minimum absolute atomic E-state index is 0.272. The van der Waals surface area contributed by atoms with Crippen molar-refractivity contribution in [2.45, 2.75) is 6.10 Å². The predicted molar refractivity (Wildman–Crippen MR) is 67.9 cm³/mol. The second-order valence-electron chi connectivity index (χ2n) is 3.80. The summed E-state index contributed by atoms with van der Waals surface area (Å²) in [5.41, 5.74) is 0.903. The van der Waals surface area contributed by atoms with Gasteiger partial charge < -0.3 is 25.1 Å². The first-order chi connectivity index (χ1) is 8.70. The summed E-state index contributed by atoms with van der Waals surface area (Å²) in [5, 5.41) is 12.9. The van der Waals surface area contributed by atoms with E-state index in [9.17, 15) is 9.90 Å². The van der Waals surface area contributed by atoms with Crippen molar-refractivity contribution in [3.05, 3.63) is 46.6 Å². The number of anilines is 1. The molecule has 2 rings (SSSR count). The fourth-order valence-electron chi connectivity index (χ4n) is 1.63. The number of benzene rings is 1. The third kappa shape index (κ3) is 2.72. The van der Waals surface area contributed by atoms with Gasteiger partial charge in [-0.2, -0.15) is 0 Å². The van der Waals surface area contributed by atoms with E-state index in [2.05, 4.69) is 15.3 Å². The fraction of sp³-hybridized carbons (Fsp3) is 0.250. The van der Waals surface area contributed by atoms with Gasteiger partial charge in [0.05, 0.1) is 18.5 Å². The Hall–Kier alpha value is -2.21. The first-order valence-corrected chi connectivity index (χ1v) is 5.53. The van der Waals surface area contributed by atoms with E-state index >= 15 is 0 Å². The molecule has 4 N–H and O–H groups in total. The third-order valence-electron chi connectivity index (χ3n) is 2.57. The first kappa shape index (κ1) is 12.3. The van der Waals surface area contributed by atoms with Gasteiger partial charge in [0, 0.05) is 12.7 Å². The summed E-state index contributed by atoms with van der Waals surface area (Å²) in [7, 11) is 1.58. The highest BCUT2D eigenvalue weighted by atomic mass is 16.5. The van der Waals surface area contributed by atoms with Crippen LogP contribution in [-0.4, -0.2) is 28.7 Å². The van der Waals surface area contributed by atoms with Gasteiger partial charge in [0.2, 0.25) is 0 Å². The highest BCUT2D eigenvalue weighted by molar-refractivity contribution is 5.56. The van der Waals surface area contributed by atoms with Crippen LogP contribution in [-0.2, 0) is 0 Å². The molecule has 0 aliphatic rings. The van der Waals surface area contributed by atoms with Gasteiger partial charge in [-0.15, -0.1) is 0 Å². The molecule has 18 heavy (non-hydrogen) atoms. The molecule has 1 atom stereocenters. The topological polar surface area (TPSA) is 90.1 Å². The summed E-state index contributed by atoms with van der Waals surface area (Å²) in [5.74, 6) is 0.701. The van der Waals surface area contributed by atoms with Crippen LogP contribution < -0.4 is 15.7 Å². The lowest BCUT2D eigenvalue weighted by Crippen LogP contribution is -2.14. The molecule has 0 aliphatic carbocycles. The lowest BCUT2D eigenvalue weighted by Gasteiger charge is -2.13. The molecule has 96 valence electrons. The number of aliphatic hydroxyl groups excluding tert-OH is 1. The van der Waals surface area contributed by atoms with Crippen molar-refractivity contribution in [1.29, 1.82) is 0 Å². The zero-order valence-corrected chi connectivity index (χ0v) is 9.93. The number of rotatable bonds is 5. The SMILES string of the molecule is COc1ccccc1NCC(O)c1c[nH]c(=O)[nH]1. The van der Waals surface area contributed by atoms with Gasteiger partial charge >= 0.3 is 5.69 Å². The normalized spacial score (nSPS) is 12.1. The standard InChI is InChI=1S/C12H15N3O3/c1-18-11-5-3-2-4-8(11)13-7-10(16)9-6-14-12(17)15-9/h2-6,10,13,16H,7H2,1H3,(H2,14,15,17). The predicted octanol–water partition coefficient (Wildman–Crippen LogP) is 0.857. The Morgan fingerprint density at radius 1 is 1.44 bits per heavy atom. The minimum Gasteiger partial charge on any atom is -0.495 e. The van der Waals surface area contributed by atoms with Gasteiger partial charge in [-0.3, -0.25) is 0 Å². The van der Waals surface area contributed by atoms with Crippen LogP contribution in [0.3, 0.4) is 0 Å². The number of aromatic amines is 2. The molecule has 6 nitrogen and oxygen atoms in total. The van der Waals surface area contributed by atoms with Crippen molar-refractivity contribution in [1.82, 2.24) is 9.97 Å². The molecule has 2 aromatic rings. The minimum atomic E-state index is -0.797. The Morgan fingerprint density at radius 2 is 2.22 bits per heavy atom. The molecule has 1 unspecified atom stereocenters. The summed E-state index contributed by atoms with van der Waals surface area (Å²) >= 11 is 0. The van der Waals surface area contributed by atoms with Crippen LogP contribution in [0.4, 0.5) is 5.69 Å². The average molecular weight is 249 g/mol. The number of hydrogen-bond donors (Lipinski definition) is 4. The highest BCUT2D eigenvalue weighted by Gasteiger charge is 2.10. The van der Waals surface area contributed by atoms with Crippen molar-refractivity contribution >= 4 is 5.69 Å². The van der Waals surface area contributed by atoms with Crippen LogP contribution in [0, 0.1) is 0 Å². The molecule has 0 amide bonds. The smallest absolute Gasteiger partial charge is 0.323 e. The van der Waals surface area contributed by atoms with Gasteiger partial charge in [0.25, 0.3) is 0 Å². The zero-order valence-electron chi connectivity index (χ0n) is 9.93. The highest BCUT2D eigenvalue weighted by Crippen LogP contribution is 2.23. The van der Waals surface area contributed by atoms with Gasteiger partial charge in [-0.25, -0.2) is 4.79 Å². The van der Waals surface area contributed by atoms with Crippen molar-refractivity contribution in [3.8, 4) is 5.75 Å². The van der Waals surface area contributed by atoms with E-state index in [1.165, 1.54) is 6.20 Å². The number of H-pyrrole nitrogens is 2. The van der Waals surface area contributed by atoms with Crippen LogP contribution >= 0.6 is 0 Å². The lowest BCUT2D eigenvalue weighted by atomic mass is 10.2. The first-order valence-electron chi connectivity index (χ1n) is 5.53. The molecular formula is C12H15N3O3. The van der Waals surface area contributed by atoms with Crippen molar-refractivity contribution in [2.24, 2.45) is 0 Å². The van der Waals surface area contributed by atoms with Crippen LogP contribution in [0.25, 0.3) is 0 Å². The van der Waals surface area contributed by atoms with Crippen LogP contribution in [0.2, 0.25) is 0 Å². The maximum absolute atomic E-state index is 10.9. The summed E-state index contributed by atoms with van der Waals surface area (Å²) in [6.45, 7) is 0.272. The van der Waals surface area contributed by atoms with Gasteiger partial charge in [-0.05, 0) is 12.1 Å². The third-order valence-corrected chi connectivity index (χ3v) is 2.57. The molecule has 1 aromatic carbocycles. The summed E-state index contributed by atoms with van der Waals surface area (Å²) in [6, 6.07) is 7.41. The van der Waals surface area contributed by atoms with Crippen molar-refractivity contribution in [2.75, 3.05) is 19.0 Å². The fourth-order valence-corrected chi connectivity index (χ4v) is 1.63. The maximum Gasteiger partial charge on any atom is 0.323 e. The number of hydrogen-bond acceptors (Lipinski definition) is 4. The molecule has 0 fully saturated rings. The second kappa shape index (κ2) is 5.42. The second-order valence-corrected chi connectivity index (χ2v) is 3.80. The molecule has 0 spiro atoms. The molecule has 0 saturated heterocycles. The largest absolute Gasteiger partial charge is 0.495 e. The molecule has 0 radical (unpaired) electrons. The zero-order chi connectivity index (χ0) is 13.0. The van der Waals surface area contributed by atoms with Crippen LogP contribution in [0.15, 0.2) is 35.3 Å². The van der Waals surface area contributed by atoms with Crippen molar-refractivity contribution < 1.29 is 9.84 Å². The molecular weight excluding hydrogens is 234 g/mol. The Balaban J connectivity index is 2.01. The monoisotopic (exact) mass is 249 g/mol. The number of ether oxygens (including phenoxy) is 1. The van der Waals surface area contributed by atoms with E-state index in [1.807, 2.05) is 24.3 Å². The summed E-state index contributed by atoms with van der Waals surface area (Å²) < 4.78 is 5.18. The van der Waals surface area contributed by atoms with Crippen LogP contribution in [0.1, 0.15) is 11.8 Å². The Kier molecular flexibility index (Phi) is 3.69. The van der Waals surface area contributed by atoms with Gasteiger partial charge in [0.1, 0.15) is 11.9 Å². The molecule has 0 aliphatic heterocycles. The number of nitrogens with one attached hydrogen (secondary N) is 3.